The number of allylic oxidation sites excluding steroid dienone is 1. The first-order valence-electron chi connectivity index (χ1n) is 4.33. The Morgan fingerprint density at radius 1 is 1.91 bits per heavy atom. The van der Waals surface area contributed by atoms with Crippen LogP contribution in [0.3, 0.4) is 0 Å². The molecule has 0 aliphatic heterocycles. The number of alkyl carbamates (subject to hydrolysis) is 1. The molecule has 0 atom stereocenters. The molecule has 1 N–H and O–H groups in total. The summed E-state index contributed by atoms with van der Waals surface area (Å²) in [6.45, 7) is 4.02. The third kappa shape index (κ3) is 6.90. The molecule has 1 amide bonds. The molecule has 0 rings (SSSR count). The highest BCUT2D eigenvalue weighted by atomic mass is 16.5. The lowest BCUT2D eigenvalue weighted by atomic mass is 10.3. The zero-order valence-electron chi connectivity index (χ0n) is 7.80. The van der Waals surface area contributed by atoms with Crippen molar-refractivity contribution >= 4 is 6.09 Å². The summed E-state index contributed by atoms with van der Waals surface area (Å²) in [4.78, 5) is 10.7. The Morgan fingerprint density at radius 2 is 2.73 bits per heavy atom. The molecule has 3 nitrogen and oxygen atoms in total. The quantitative estimate of drug-likeness (QED) is 0.488. The fraction of sp³-hybridized carbons (Fsp3) is 0.625. The first-order chi connectivity index (χ1) is 5.81. The van der Waals surface area contributed by atoms with E-state index in [9.17, 15) is 4.79 Å². The second-order valence-electron chi connectivity index (χ2n) is 2.03. The Morgan fingerprint density at radius 3 is 3.36 bits per heavy atom. The van der Waals surface area contributed by atoms with Gasteiger partial charge in [-0.2, -0.15) is 0 Å². The van der Waals surface area contributed by atoms with Crippen molar-refractivity contribution in [2.75, 3.05) is 13.2 Å². The second-order valence-corrected chi connectivity index (χ2v) is 2.03. The molecule has 0 aromatic carbocycles. The molecule has 3 heteroatoms. The normalized spacial score (nSPS) is 11.2. The smallest absolute Gasteiger partial charge is 0.407 e. The molecular weight excluding hydrogens is 142 g/mol. The predicted octanol–water partition coefficient (Wildman–Crippen LogP) is 1.70. The highest BCUT2D eigenvalue weighted by molar-refractivity contribution is 5.66. The molecule has 0 aromatic heterocycles. The lowest BCUT2D eigenvalue weighted by molar-refractivity contribution is 0.152. The van der Waals surface area contributed by atoms with Gasteiger partial charge in [-0.3, -0.25) is 0 Å². The number of carbonyl (C=O) groups is 1. The zero-order valence-corrected chi connectivity index (χ0v) is 6.80. The maximum Gasteiger partial charge on any atom is 0.407 e. The van der Waals surface area contributed by atoms with Gasteiger partial charge in [0.15, 0.2) is 0 Å². The van der Waals surface area contributed by atoms with E-state index in [2.05, 4.69) is 10.1 Å². The van der Waals surface area contributed by atoms with Crippen molar-refractivity contribution in [3.05, 3.63) is 12.6 Å². The average molecular weight is 158 g/mol. The molecule has 0 spiro atoms. The Bertz CT molecular complexity index is 148. The molecule has 0 unspecified atom stereocenters. The number of carbonyl (C=O) groups excluding carboxylic acids is 1. The first-order valence-corrected chi connectivity index (χ1v) is 3.75. The van der Waals surface area contributed by atoms with Crippen LogP contribution < -0.4 is 5.32 Å². The molecular formula is C8H15NO2. The number of hydrogen-bond acceptors (Lipinski definition) is 2. The van der Waals surface area contributed by atoms with E-state index in [0.29, 0.717) is 13.2 Å². The van der Waals surface area contributed by atoms with Crippen molar-refractivity contribution in [3.8, 4) is 0 Å². The number of ether oxygens (including phenoxy) is 1. The van der Waals surface area contributed by atoms with Crippen molar-refractivity contribution in [3.63, 3.8) is 0 Å². The minimum Gasteiger partial charge on any atom is -0.450 e. The van der Waals surface area contributed by atoms with Gasteiger partial charge in [0.25, 0.3) is 0 Å². The molecule has 0 aliphatic carbocycles. The van der Waals surface area contributed by atoms with E-state index < -0.39 is 0 Å². The third-order valence-electron chi connectivity index (χ3n) is 1.09. The number of unbranched alkanes of at least 4 members (excludes halogenated alkanes) is 1. The van der Waals surface area contributed by atoms with Crippen LogP contribution in [0.5, 0.6) is 0 Å². The van der Waals surface area contributed by atoms with E-state index in [4.69, 9.17) is 1.37 Å². The van der Waals surface area contributed by atoms with Gasteiger partial charge in [-0.05, 0) is 19.8 Å². The van der Waals surface area contributed by atoms with Gasteiger partial charge in [-0.15, -0.1) is 6.55 Å². The van der Waals surface area contributed by atoms with E-state index in [1.807, 2.05) is 0 Å². The van der Waals surface area contributed by atoms with Gasteiger partial charge in [-0.25, -0.2) is 4.79 Å². The number of hydrogen-bond donors (Lipinski definition) is 1. The van der Waals surface area contributed by atoms with Crippen LogP contribution in [0.1, 0.15) is 21.1 Å². The van der Waals surface area contributed by atoms with E-state index in [-0.39, 0.29) is 6.09 Å². The first kappa shape index (κ1) is 8.11. The molecule has 0 radical (unpaired) electrons. The Kier molecular flexibility index (Phi) is 5.25. The van der Waals surface area contributed by atoms with Gasteiger partial charge in [-0.1, -0.05) is 6.08 Å². The fourth-order valence-electron chi connectivity index (χ4n) is 0.592. The minimum atomic E-state index is -0.368. The van der Waals surface area contributed by atoms with Crippen molar-refractivity contribution in [2.45, 2.75) is 19.8 Å². The Balaban J connectivity index is 3.13. The lowest BCUT2D eigenvalue weighted by Crippen LogP contribution is -2.25. The van der Waals surface area contributed by atoms with E-state index in [1.165, 1.54) is 6.55 Å². The average Bonchev–Trinajstić information content (AvgIpc) is 2.05. The third-order valence-corrected chi connectivity index (χ3v) is 1.09. The summed E-state index contributed by atoms with van der Waals surface area (Å²) >= 11 is 0. The number of amides is 1. The van der Waals surface area contributed by atoms with Gasteiger partial charge >= 0.3 is 6.09 Å². The summed E-state index contributed by atoms with van der Waals surface area (Å²) in [6.07, 6.45) is 3.03. The van der Waals surface area contributed by atoms with E-state index in [0.717, 1.165) is 12.8 Å². The van der Waals surface area contributed by atoms with E-state index >= 15 is 0 Å². The second kappa shape index (κ2) is 7.12. The molecule has 0 aromatic rings. The lowest BCUT2D eigenvalue weighted by Gasteiger charge is -2.02. The maximum atomic E-state index is 10.7. The Hall–Kier alpha value is -0.990. The SMILES string of the molecule is [2H]C=CCCCNC(=O)OCC. The highest BCUT2D eigenvalue weighted by Gasteiger charge is 1.96. The van der Waals surface area contributed by atoms with Gasteiger partial charge in [0.05, 0.1) is 7.98 Å². The van der Waals surface area contributed by atoms with Crippen molar-refractivity contribution in [1.82, 2.24) is 5.32 Å². The largest absolute Gasteiger partial charge is 0.450 e. The molecule has 0 aliphatic rings. The molecule has 0 saturated heterocycles. The van der Waals surface area contributed by atoms with Crippen molar-refractivity contribution in [1.29, 1.82) is 0 Å². The van der Waals surface area contributed by atoms with Crippen LogP contribution in [-0.2, 0) is 4.74 Å². The molecule has 11 heavy (non-hydrogen) atoms. The van der Waals surface area contributed by atoms with Crippen LogP contribution in [0.2, 0.25) is 0 Å². The van der Waals surface area contributed by atoms with Crippen LogP contribution in [0.15, 0.2) is 12.6 Å². The molecule has 0 fully saturated rings. The van der Waals surface area contributed by atoms with Gasteiger partial charge in [0, 0.05) is 6.54 Å². The number of rotatable bonds is 5. The van der Waals surface area contributed by atoms with Gasteiger partial charge in [0.1, 0.15) is 0 Å². The predicted molar refractivity (Wildman–Crippen MR) is 44.5 cm³/mol. The van der Waals surface area contributed by atoms with Crippen LogP contribution in [0.4, 0.5) is 4.79 Å². The van der Waals surface area contributed by atoms with Crippen LogP contribution in [0, 0.1) is 0 Å². The monoisotopic (exact) mass is 158 g/mol. The number of nitrogens with one attached hydrogen (secondary N) is 1. The van der Waals surface area contributed by atoms with E-state index in [1.54, 1.807) is 13.0 Å². The molecule has 0 heterocycles. The maximum absolute atomic E-state index is 10.7. The van der Waals surface area contributed by atoms with Gasteiger partial charge in [0.2, 0.25) is 0 Å². The minimum absolute atomic E-state index is 0.368. The topological polar surface area (TPSA) is 38.3 Å². The standard InChI is InChI=1S/C8H15NO2/c1-3-5-6-7-9-8(10)11-4-2/h3H,1,4-7H2,2H3,(H,9,10)/i1D. The van der Waals surface area contributed by atoms with Crippen molar-refractivity contribution < 1.29 is 10.9 Å². The summed E-state index contributed by atoms with van der Waals surface area (Å²) in [6, 6.07) is 0. The summed E-state index contributed by atoms with van der Waals surface area (Å²) < 4.78 is 11.3. The fourth-order valence-corrected chi connectivity index (χ4v) is 0.592. The summed E-state index contributed by atoms with van der Waals surface area (Å²) in [5, 5.41) is 2.59. The highest BCUT2D eigenvalue weighted by Crippen LogP contribution is 1.86. The van der Waals surface area contributed by atoms with Crippen LogP contribution in [0.25, 0.3) is 0 Å². The summed E-state index contributed by atoms with van der Waals surface area (Å²) in [7, 11) is 0. The molecule has 0 saturated carbocycles. The summed E-state index contributed by atoms with van der Waals surface area (Å²) in [5.74, 6) is 0. The molecule has 64 valence electrons. The van der Waals surface area contributed by atoms with Gasteiger partial charge < -0.3 is 10.1 Å². The van der Waals surface area contributed by atoms with Crippen LogP contribution >= 0.6 is 0 Å². The molecule has 0 bridgehead atoms. The van der Waals surface area contributed by atoms with Crippen LogP contribution in [-0.4, -0.2) is 19.2 Å². The zero-order chi connectivity index (χ0) is 9.23. The van der Waals surface area contributed by atoms with Crippen molar-refractivity contribution in [2.24, 2.45) is 0 Å². The summed E-state index contributed by atoms with van der Waals surface area (Å²) in [5.41, 5.74) is 0. The Labute approximate surface area is 68.8 Å².